The number of hydrogen-bond donors (Lipinski definition) is 0. The highest BCUT2D eigenvalue weighted by molar-refractivity contribution is 6.08. The Morgan fingerprint density at radius 3 is 2.41 bits per heavy atom. The van der Waals surface area contributed by atoms with Gasteiger partial charge in [-0.3, -0.25) is 9.59 Å². The summed E-state index contributed by atoms with van der Waals surface area (Å²) in [5, 5.41) is 1.93. The van der Waals surface area contributed by atoms with E-state index < -0.39 is 0 Å². The number of carbonyl (C=O) groups is 2. The molecular weight excluding hydrogens is 516 g/mol. The zero-order valence-corrected chi connectivity index (χ0v) is 23.9. The van der Waals surface area contributed by atoms with Crippen molar-refractivity contribution in [1.29, 1.82) is 0 Å². The number of hydrogen-bond acceptors (Lipinski definition) is 5. The summed E-state index contributed by atoms with van der Waals surface area (Å²) in [7, 11) is 3.22. The van der Waals surface area contributed by atoms with Crippen LogP contribution >= 0.6 is 0 Å². The van der Waals surface area contributed by atoms with Crippen LogP contribution in [-0.4, -0.2) is 55.0 Å². The van der Waals surface area contributed by atoms with E-state index in [2.05, 4.69) is 0 Å². The largest absolute Gasteiger partial charge is 0.493 e. The van der Waals surface area contributed by atoms with Crippen molar-refractivity contribution < 1.29 is 23.5 Å². The Hall–Kier alpha value is -4.26. The fraction of sp³-hybridized carbons (Fsp3) is 0.353. The predicted octanol–water partition coefficient (Wildman–Crippen LogP) is 6.50. The van der Waals surface area contributed by atoms with Gasteiger partial charge in [-0.15, -0.1) is 0 Å². The first kappa shape index (κ1) is 28.3. The Bertz CT molecular complexity index is 1450. The lowest BCUT2D eigenvalue weighted by molar-refractivity contribution is -0.133. The Morgan fingerprint density at radius 2 is 1.66 bits per heavy atom. The van der Waals surface area contributed by atoms with Gasteiger partial charge < -0.3 is 23.7 Å². The third kappa shape index (κ3) is 6.73. The third-order valence-electron chi connectivity index (χ3n) is 8.00. The van der Waals surface area contributed by atoms with Gasteiger partial charge in [0.1, 0.15) is 12.3 Å². The van der Waals surface area contributed by atoms with E-state index in [0.29, 0.717) is 42.3 Å². The van der Waals surface area contributed by atoms with Crippen molar-refractivity contribution in [3.05, 3.63) is 95.9 Å². The molecule has 1 aromatic heterocycles. The van der Waals surface area contributed by atoms with E-state index in [0.717, 1.165) is 48.4 Å². The van der Waals surface area contributed by atoms with Gasteiger partial charge in [0.25, 0.3) is 5.91 Å². The number of amides is 2. The fourth-order valence-electron chi connectivity index (χ4n) is 5.75. The summed E-state index contributed by atoms with van der Waals surface area (Å²) in [5.41, 5.74) is 1.67. The number of methoxy groups -OCH3 is 2. The van der Waals surface area contributed by atoms with Gasteiger partial charge in [-0.25, -0.2) is 0 Å². The monoisotopic (exact) mass is 554 g/mol. The second-order valence-corrected chi connectivity index (χ2v) is 10.6. The first-order valence-electron chi connectivity index (χ1n) is 14.4. The minimum Gasteiger partial charge on any atom is -0.493 e. The highest BCUT2D eigenvalue weighted by Gasteiger charge is 2.30. The van der Waals surface area contributed by atoms with Crippen LogP contribution in [0.3, 0.4) is 0 Å². The molecule has 4 aromatic rings. The third-order valence-corrected chi connectivity index (χ3v) is 8.00. The Morgan fingerprint density at radius 1 is 0.878 bits per heavy atom. The standard InChI is InChI=1S/C34H38N2O5/c1-39-31-18-17-25(22-32(31)40-2)19-20-35(23-28-14-9-21-41-28)33(37)24-36(27-12-4-3-5-13-27)34(38)30-16-8-11-26-10-6-7-15-29(26)30/h6-11,14-18,21-22,27H,3-5,12-13,19-20,23-24H2,1-2H3. The first-order valence-corrected chi connectivity index (χ1v) is 14.4. The van der Waals surface area contributed by atoms with Crippen molar-refractivity contribution >= 4 is 22.6 Å². The molecule has 0 spiro atoms. The highest BCUT2D eigenvalue weighted by atomic mass is 16.5. The molecule has 1 fully saturated rings. The van der Waals surface area contributed by atoms with Crippen molar-refractivity contribution in [3.63, 3.8) is 0 Å². The SMILES string of the molecule is COc1ccc(CCN(Cc2ccco2)C(=O)CN(C(=O)c2cccc3ccccc23)C2CCCCC2)cc1OC. The molecule has 214 valence electrons. The normalized spacial score (nSPS) is 13.6. The van der Waals surface area contributed by atoms with Crippen LogP contribution in [0, 0.1) is 0 Å². The van der Waals surface area contributed by atoms with Gasteiger partial charge in [-0.1, -0.05) is 61.7 Å². The molecule has 0 bridgehead atoms. The molecule has 0 atom stereocenters. The molecule has 1 aliphatic carbocycles. The minimum absolute atomic E-state index is 0.0271. The van der Waals surface area contributed by atoms with Crippen molar-refractivity contribution in [2.45, 2.75) is 51.1 Å². The quantitative estimate of drug-likeness (QED) is 0.212. The summed E-state index contributed by atoms with van der Waals surface area (Å²) >= 11 is 0. The Balaban J connectivity index is 1.40. The molecule has 1 aliphatic rings. The number of furan rings is 1. The molecule has 0 N–H and O–H groups in total. The molecule has 7 heteroatoms. The van der Waals surface area contributed by atoms with E-state index >= 15 is 0 Å². The summed E-state index contributed by atoms with van der Waals surface area (Å²) in [6.07, 6.45) is 7.34. The van der Waals surface area contributed by atoms with Crippen LogP contribution in [0.1, 0.15) is 53.8 Å². The van der Waals surface area contributed by atoms with E-state index in [1.807, 2.05) is 77.7 Å². The summed E-state index contributed by atoms with van der Waals surface area (Å²) < 4.78 is 16.5. The summed E-state index contributed by atoms with van der Waals surface area (Å²) in [6.45, 7) is 0.829. The van der Waals surface area contributed by atoms with Gasteiger partial charge >= 0.3 is 0 Å². The van der Waals surface area contributed by atoms with Crippen LogP contribution in [0.5, 0.6) is 11.5 Å². The van der Waals surface area contributed by atoms with Gasteiger partial charge in [0, 0.05) is 18.2 Å². The zero-order valence-electron chi connectivity index (χ0n) is 23.9. The lowest BCUT2D eigenvalue weighted by Gasteiger charge is -2.35. The number of fused-ring (bicyclic) bond motifs is 1. The van der Waals surface area contributed by atoms with Crippen molar-refractivity contribution in [1.82, 2.24) is 9.80 Å². The molecule has 3 aromatic carbocycles. The molecular formula is C34H38N2O5. The maximum Gasteiger partial charge on any atom is 0.255 e. The average Bonchev–Trinajstić information content (AvgIpc) is 3.54. The van der Waals surface area contributed by atoms with Crippen LogP contribution in [0.4, 0.5) is 0 Å². The fourth-order valence-corrected chi connectivity index (χ4v) is 5.75. The van der Waals surface area contributed by atoms with Crippen molar-refractivity contribution in [2.75, 3.05) is 27.3 Å². The molecule has 0 saturated heterocycles. The summed E-state index contributed by atoms with van der Waals surface area (Å²) in [4.78, 5) is 31.8. The molecule has 7 nitrogen and oxygen atoms in total. The minimum atomic E-state index is -0.0963. The van der Waals surface area contributed by atoms with Gasteiger partial charge in [-0.05, 0) is 65.9 Å². The van der Waals surface area contributed by atoms with E-state index in [-0.39, 0.29) is 24.4 Å². The molecule has 0 radical (unpaired) electrons. The van der Waals surface area contributed by atoms with Gasteiger partial charge in [0.05, 0.1) is 27.0 Å². The predicted molar refractivity (Wildman–Crippen MR) is 159 cm³/mol. The van der Waals surface area contributed by atoms with Gasteiger partial charge in [-0.2, -0.15) is 0 Å². The number of ether oxygens (including phenoxy) is 2. The van der Waals surface area contributed by atoms with Crippen LogP contribution < -0.4 is 9.47 Å². The maximum absolute atomic E-state index is 14.2. The van der Waals surface area contributed by atoms with Crippen LogP contribution in [0.15, 0.2) is 83.5 Å². The molecule has 41 heavy (non-hydrogen) atoms. The molecule has 2 amide bonds. The topological polar surface area (TPSA) is 72.2 Å². The lowest BCUT2D eigenvalue weighted by Crippen LogP contribution is -2.48. The van der Waals surface area contributed by atoms with Gasteiger partial charge in [0.2, 0.25) is 5.91 Å². The molecule has 0 unspecified atom stereocenters. The lowest BCUT2D eigenvalue weighted by atomic mass is 9.93. The second-order valence-electron chi connectivity index (χ2n) is 10.6. The maximum atomic E-state index is 14.2. The second kappa shape index (κ2) is 13.4. The average molecular weight is 555 g/mol. The van der Waals surface area contributed by atoms with Crippen LogP contribution in [0.25, 0.3) is 10.8 Å². The number of rotatable bonds is 11. The summed E-state index contributed by atoms with van der Waals surface area (Å²) in [5.74, 6) is 1.84. The van der Waals surface area contributed by atoms with Crippen LogP contribution in [-0.2, 0) is 17.8 Å². The van der Waals surface area contributed by atoms with Crippen molar-refractivity contribution in [2.24, 2.45) is 0 Å². The number of nitrogens with zero attached hydrogens (tertiary/aromatic N) is 2. The van der Waals surface area contributed by atoms with E-state index in [9.17, 15) is 9.59 Å². The van der Waals surface area contributed by atoms with E-state index in [1.165, 1.54) is 0 Å². The molecule has 1 saturated carbocycles. The van der Waals surface area contributed by atoms with Gasteiger partial charge in [0.15, 0.2) is 11.5 Å². The van der Waals surface area contributed by atoms with E-state index in [1.54, 1.807) is 25.4 Å². The van der Waals surface area contributed by atoms with Crippen LogP contribution in [0.2, 0.25) is 0 Å². The first-order chi connectivity index (χ1) is 20.1. The molecule has 1 heterocycles. The molecule has 5 rings (SSSR count). The summed E-state index contributed by atoms with van der Waals surface area (Å²) in [6, 6.07) is 23.3. The van der Waals surface area contributed by atoms with E-state index in [4.69, 9.17) is 13.9 Å². The highest BCUT2D eigenvalue weighted by Crippen LogP contribution is 2.29. The van der Waals surface area contributed by atoms with Crippen molar-refractivity contribution in [3.8, 4) is 11.5 Å². The Kier molecular flexibility index (Phi) is 9.24. The smallest absolute Gasteiger partial charge is 0.255 e. The zero-order chi connectivity index (χ0) is 28.6. The molecule has 0 aliphatic heterocycles. The number of benzene rings is 3. The number of carbonyl (C=O) groups excluding carboxylic acids is 2. The Labute approximate surface area is 241 Å².